The summed E-state index contributed by atoms with van der Waals surface area (Å²) in [7, 11) is -1.65. The largest absolute Gasteiger partial charge is 0.492 e. The zero-order valence-corrected chi connectivity index (χ0v) is 12.4. The monoisotopic (exact) mass is 338 g/mol. The van der Waals surface area contributed by atoms with Gasteiger partial charge in [0, 0.05) is 11.0 Å². The minimum absolute atomic E-state index is 0.00799. The topological polar surface area (TPSA) is 49.7 Å². The van der Waals surface area contributed by atoms with E-state index in [1.807, 2.05) is 6.92 Å². The van der Waals surface area contributed by atoms with Crippen LogP contribution in [0.5, 0.6) is 5.75 Å². The molecule has 20 heavy (non-hydrogen) atoms. The third-order valence-electron chi connectivity index (χ3n) is 2.82. The van der Waals surface area contributed by atoms with Crippen molar-refractivity contribution >= 4 is 28.5 Å². The summed E-state index contributed by atoms with van der Waals surface area (Å²) in [4.78, 5) is 0. The predicted octanol–water partition coefficient (Wildman–Crippen LogP) is 2.16. The molecule has 2 aromatic rings. The molecule has 2 rings (SSSR count). The van der Waals surface area contributed by atoms with Crippen molar-refractivity contribution < 1.29 is 19.2 Å². The molecule has 0 saturated carbocycles. The average molecular weight is 339 g/mol. The Morgan fingerprint density at radius 1 is 1.25 bits per heavy atom. The van der Waals surface area contributed by atoms with Crippen molar-refractivity contribution in [3.8, 4) is 5.75 Å². The van der Waals surface area contributed by atoms with Crippen molar-refractivity contribution in [3.05, 3.63) is 57.8 Å². The lowest BCUT2D eigenvalue weighted by atomic mass is 9.79. The highest BCUT2D eigenvalue weighted by atomic mass is 79.9. The van der Waals surface area contributed by atoms with Crippen LogP contribution in [-0.4, -0.2) is 17.2 Å². The first-order valence-corrected chi connectivity index (χ1v) is 6.80. The second-order valence-electron chi connectivity index (χ2n) is 4.42. The Hall–Kier alpha value is -1.37. The molecule has 0 amide bonds. The smallest absolute Gasteiger partial charge is 0.488 e. The number of halogens is 2. The van der Waals surface area contributed by atoms with Gasteiger partial charge in [0.25, 0.3) is 0 Å². The van der Waals surface area contributed by atoms with Crippen LogP contribution in [0.1, 0.15) is 11.1 Å². The van der Waals surface area contributed by atoms with E-state index < -0.39 is 7.12 Å². The van der Waals surface area contributed by atoms with Gasteiger partial charge in [-0.15, -0.1) is 0 Å². The minimum Gasteiger partial charge on any atom is -0.488 e. The number of hydrogen-bond donors (Lipinski definition) is 2. The lowest BCUT2D eigenvalue weighted by Crippen LogP contribution is -2.32. The Kier molecular flexibility index (Phi) is 4.80. The molecule has 0 spiro atoms. The van der Waals surface area contributed by atoms with Gasteiger partial charge in [0.05, 0.1) is 4.47 Å². The molecule has 0 bridgehead atoms. The molecule has 0 aliphatic carbocycles. The van der Waals surface area contributed by atoms with Gasteiger partial charge in [-0.2, -0.15) is 0 Å². The normalized spacial score (nSPS) is 10.4. The lowest BCUT2D eigenvalue weighted by Gasteiger charge is -2.14. The molecule has 0 saturated heterocycles. The Labute approximate surface area is 125 Å². The third-order valence-corrected chi connectivity index (χ3v) is 3.41. The molecule has 0 atom stereocenters. The Morgan fingerprint density at radius 3 is 2.60 bits per heavy atom. The average Bonchev–Trinajstić information content (AvgIpc) is 2.38. The van der Waals surface area contributed by atoms with E-state index in [4.69, 9.17) is 4.74 Å². The van der Waals surface area contributed by atoms with Gasteiger partial charge in [-0.3, -0.25) is 0 Å². The van der Waals surface area contributed by atoms with E-state index in [2.05, 4.69) is 15.9 Å². The summed E-state index contributed by atoms with van der Waals surface area (Å²) in [6, 6.07) is 9.70. The maximum absolute atomic E-state index is 13.5. The molecule has 0 fully saturated rings. The van der Waals surface area contributed by atoms with Crippen molar-refractivity contribution in [1.29, 1.82) is 0 Å². The Bertz CT molecular complexity index is 619. The van der Waals surface area contributed by atoms with E-state index in [1.54, 1.807) is 30.3 Å². The van der Waals surface area contributed by atoms with Gasteiger partial charge in [0.2, 0.25) is 0 Å². The van der Waals surface area contributed by atoms with Crippen LogP contribution in [-0.2, 0) is 6.61 Å². The number of hydrogen-bond acceptors (Lipinski definition) is 3. The second-order valence-corrected chi connectivity index (χ2v) is 5.27. The zero-order valence-electron chi connectivity index (χ0n) is 10.8. The highest BCUT2D eigenvalue weighted by molar-refractivity contribution is 9.10. The molecule has 0 aliphatic heterocycles. The van der Waals surface area contributed by atoms with Crippen molar-refractivity contribution in [1.82, 2.24) is 0 Å². The fourth-order valence-corrected chi connectivity index (χ4v) is 2.57. The highest BCUT2D eigenvalue weighted by Gasteiger charge is 2.20. The Balaban J connectivity index is 2.27. The van der Waals surface area contributed by atoms with Crippen molar-refractivity contribution in [2.75, 3.05) is 0 Å². The molecule has 0 unspecified atom stereocenters. The predicted molar refractivity (Wildman–Crippen MR) is 79.4 cm³/mol. The van der Waals surface area contributed by atoms with Crippen LogP contribution in [0.3, 0.4) is 0 Å². The molecule has 0 aromatic heterocycles. The molecule has 0 radical (unpaired) electrons. The Morgan fingerprint density at radius 2 is 1.95 bits per heavy atom. The summed E-state index contributed by atoms with van der Waals surface area (Å²) in [5, 5.41) is 18.8. The molecular formula is C14H13BBrFO3. The number of rotatable bonds is 4. The lowest BCUT2D eigenvalue weighted by molar-refractivity contribution is 0.298. The van der Waals surface area contributed by atoms with E-state index >= 15 is 0 Å². The number of benzene rings is 2. The van der Waals surface area contributed by atoms with E-state index in [-0.39, 0.29) is 17.9 Å². The van der Waals surface area contributed by atoms with E-state index in [1.165, 1.54) is 6.07 Å². The molecule has 3 nitrogen and oxygen atoms in total. The van der Waals surface area contributed by atoms with Crippen LogP contribution in [0.15, 0.2) is 40.9 Å². The fraction of sp³-hybridized carbons (Fsp3) is 0.143. The number of ether oxygens (including phenoxy) is 1. The van der Waals surface area contributed by atoms with E-state index in [0.717, 1.165) is 5.56 Å². The molecule has 0 aliphatic rings. The maximum Gasteiger partial charge on any atom is 0.492 e. The van der Waals surface area contributed by atoms with Gasteiger partial charge in [-0.05, 0) is 35.0 Å². The summed E-state index contributed by atoms with van der Waals surface area (Å²) in [5.74, 6) is -0.0596. The quantitative estimate of drug-likeness (QED) is 0.840. The van der Waals surface area contributed by atoms with Crippen LogP contribution >= 0.6 is 15.9 Å². The number of aryl methyl sites for hydroxylation is 1. The zero-order chi connectivity index (χ0) is 14.7. The van der Waals surface area contributed by atoms with Crippen molar-refractivity contribution in [2.24, 2.45) is 0 Å². The summed E-state index contributed by atoms with van der Waals surface area (Å²) < 4.78 is 19.7. The van der Waals surface area contributed by atoms with Gasteiger partial charge < -0.3 is 14.8 Å². The summed E-state index contributed by atoms with van der Waals surface area (Å²) in [6.07, 6.45) is 0. The SMILES string of the molecule is Cc1cc(Br)c(OCc2ccccc2F)c(B(O)O)c1. The molecule has 0 heterocycles. The first-order valence-electron chi connectivity index (χ1n) is 6.01. The maximum atomic E-state index is 13.5. The molecule has 2 aromatic carbocycles. The standard InChI is InChI=1S/C14H13BBrFO3/c1-9-6-11(15(18)19)14(12(16)7-9)20-8-10-4-2-3-5-13(10)17/h2-7,18-19H,8H2,1H3. The van der Waals surface area contributed by atoms with Crippen LogP contribution < -0.4 is 10.2 Å². The molecule has 6 heteroatoms. The van der Waals surface area contributed by atoms with Gasteiger partial charge >= 0.3 is 7.12 Å². The van der Waals surface area contributed by atoms with Gasteiger partial charge in [-0.1, -0.05) is 29.8 Å². The van der Waals surface area contributed by atoms with Crippen LogP contribution in [0.25, 0.3) is 0 Å². The van der Waals surface area contributed by atoms with Crippen LogP contribution in [0, 0.1) is 12.7 Å². The van der Waals surface area contributed by atoms with Crippen LogP contribution in [0.2, 0.25) is 0 Å². The summed E-state index contributed by atoms with van der Waals surface area (Å²) in [6.45, 7) is 1.84. The third kappa shape index (κ3) is 3.39. The summed E-state index contributed by atoms with van der Waals surface area (Å²) in [5.41, 5.74) is 1.50. The van der Waals surface area contributed by atoms with Gasteiger partial charge in [0.1, 0.15) is 18.2 Å². The van der Waals surface area contributed by atoms with Crippen LogP contribution in [0.4, 0.5) is 4.39 Å². The molecule has 104 valence electrons. The second kappa shape index (κ2) is 6.39. The highest BCUT2D eigenvalue weighted by Crippen LogP contribution is 2.25. The van der Waals surface area contributed by atoms with Gasteiger partial charge in [0.15, 0.2) is 0 Å². The van der Waals surface area contributed by atoms with E-state index in [9.17, 15) is 14.4 Å². The molecule has 2 N–H and O–H groups in total. The van der Waals surface area contributed by atoms with Crippen molar-refractivity contribution in [3.63, 3.8) is 0 Å². The molecular weight excluding hydrogens is 326 g/mol. The fourth-order valence-electron chi connectivity index (χ4n) is 1.87. The minimum atomic E-state index is -1.65. The first kappa shape index (κ1) is 15.0. The summed E-state index contributed by atoms with van der Waals surface area (Å²) >= 11 is 3.32. The first-order chi connectivity index (χ1) is 9.49. The van der Waals surface area contributed by atoms with E-state index in [0.29, 0.717) is 15.8 Å². The van der Waals surface area contributed by atoms with Gasteiger partial charge in [-0.25, -0.2) is 4.39 Å². The van der Waals surface area contributed by atoms with Crippen molar-refractivity contribution in [2.45, 2.75) is 13.5 Å².